The summed E-state index contributed by atoms with van der Waals surface area (Å²) in [4.78, 5) is 0.281. The van der Waals surface area contributed by atoms with Crippen LogP contribution in [-0.4, -0.2) is 23.8 Å². The molecular weight excluding hydrogens is 416 g/mol. The molecule has 6 heteroatoms. The molecular formula is C24H21ClN2O2S. The van der Waals surface area contributed by atoms with Crippen molar-refractivity contribution in [3.63, 3.8) is 0 Å². The van der Waals surface area contributed by atoms with Crippen LogP contribution in [-0.2, 0) is 29.5 Å². The van der Waals surface area contributed by atoms with E-state index in [4.69, 9.17) is 11.6 Å². The van der Waals surface area contributed by atoms with Gasteiger partial charge in [0.05, 0.1) is 4.90 Å². The van der Waals surface area contributed by atoms with Gasteiger partial charge >= 0.3 is 0 Å². The Labute approximate surface area is 181 Å². The molecule has 0 unspecified atom stereocenters. The molecule has 0 atom stereocenters. The normalized spacial score (nSPS) is 14.7. The molecule has 152 valence electrons. The summed E-state index contributed by atoms with van der Waals surface area (Å²) in [5.74, 6) is 0. The molecule has 1 aromatic heterocycles. The third kappa shape index (κ3) is 3.33. The zero-order valence-electron chi connectivity index (χ0n) is 16.3. The van der Waals surface area contributed by atoms with E-state index >= 15 is 0 Å². The van der Waals surface area contributed by atoms with Crippen molar-refractivity contribution in [3.8, 4) is 0 Å². The van der Waals surface area contributed by atoms with Gasteiger partial charge in [0.15, 0.2) is 0 Å². The molecule has 0 bridgehead atoms. The molecule has 0 saturated heterocycles. The monoisotopic (exact) mass is 436 g/mol. The zero-order valence-corrected chi connectivity index (χ0v) is 17.9. The van der Waals surface area contributed by atoms with Crippen LogP contribution in [0.15, 0.2) is 83.8 Å². The number of hydrogen-bond donors (Lipinski definition) is 0. The van der Waals surface area contributed by atoms with E-state index in [1.807, 2.05) is 30.3 Å². The number of sulfonamides is 1. The Bertz CT molecular complexity index is 1310. The van der Waals surface area contributed by atoms with Gasteiger partial charge in [-0.05, 0) is 41.5 Å². The highest BCUT2D eigenvalue weighted by Gasteiger charge is 2.31. The van der Waals surface area contributed by atoms with Crippen molar-refractivity contribution in [3.05, 3.63) is 101 Å². The topological polar surface area (TPSA) is 42.3 Å². The smallest absolute Gasteiger partial charge is 0.243 e. The van der Waals surface area contributed by atoms with Crippen molar-refractivity contribution in [2.24, 2.45) is 0 Å². The van der Waals surface area contributed by atoms with E-state index in [2.05, 4.69) is 28.8 Å². The molecule has 0 saturated carbocycles. The van der Waals surface area contributed by atoms with Crippen LogP contribution in [0.4, 0.5) is 0 Å². The predicted molar refractivity (Wildman–Crippen MR) is 120 cm³/mol. The number of rotatable bonds is 4. The van der Waals surface area contributed by atoms with E-state index in [-0.39, 0.29) is 4.90 Å². The van der Waals surface area contributed by atoms with Crippen LogP contribution in [0.1, 0.15) is 16.8 Å². The van der Waals surface area contributed by atoms with Crippen molar-refractivity contribution in [1.29, 1.82) is 0 Å². The lowest BCUT2D eigenvalue weighted by atomic mass is 10.1. The maximum Gasteiger partial charge on any atom is 0.243 e. The summed E-state index contributed by atoms with van der Waals surface area (Å²) in [6, 6.07) is 25.0. The van der Waals surface area contributed by atoms with Gasteiger partial charge in [-0.15, -0.1) is 0 Å². The summed E-state index contributed by atoms with van der Waals surface area (Å²) < 4.78 is 30.4. The van der Waals surface area contributed by atoms with Gasteiger partial charge in [0.2, 0.25) is 10.0 Å². The number of fused-ring (bicyclic) bond motifs is 3. The lowest BCUT2D eigenvalue weighted by molar-refractivity contribution is 0.387. The van der Waals surface area contributed by atoms with Gasteiger partial charge in [-0.3, -0.25) is 0 Å². The Kier molecular flexibility index (Phi) is 4.89. The minimum atomic E-state index is -3.57. The maximum absolute atomic E-state index is 13.2. The first-order valence-electron chi connectivity index (χ1n) is 9.92. The van der Waals surface area contributed by atoms with Crippen molar-refractivity contribution in [2.75, 3.05) is 6.54 Å². The maximum atomic E-state index is 13.2. The number of benzene rings is 3. The summed E-state index contributed by atoms with van der Waals surface area (Å²) in [6.07, 6.45) is 0.684. The van der Waals surface area contributed by atoms with Gasteiger partial charge in [-0.1, -0.05) is 60.1 Å². The summed E-state index contributed by atoms with van der Waals surface area (Å²) in [7, 11) is -3.57. The lowest BCUT2D eigenvalue weighted by Gasteiger charge is -2.27. The number of nitrogens with zero attached hydrogens (tertiary/aromatic N) is 2. The molecule has 4 aromatic rings. The summed E-state index contributed by atoms with van der Waals surface area (Å²) in [5.41, 5.74) is 4.71. The number of hydrogen-bond acceptors (Lipinski definition) is 2. The van der Waals surface area contributed by atoms with Gasteiger partial charge in [-0.2, -0.15) is 4.31 Å². The van der Waals surface area contributed by atoms with Crippen molar-refractivity contribution in [1.82, 2.24) is 8.87 Å². The quantitative estimate of drug-likeness (QED) is 0.447. The second-order valence-electron chi connectivity index (χ2n) is 7.56. The fourth-order valence-corrected chi connectivity index (χ4v) is 5.82. The van der Waals surface area contributed by atoms with Crippen molar-refractivity contribution >= 4 is 32.5 Å². The van der Waals surface area contributed by atoms with Crippen molar-refractivity contribution < 1.29 is 8.42 Å². The summed E-state index contributed by atoms with van der Waals surface area (Å²) in [6.45, 7) is 1.62. The minimum Gasteiger partial charge on any atom is -0.340 e. The van der Waals surface area contributed by atoms with Crippen LogP contribution in [0.3, 0.4) is 0 Å². The zero-order chi connectivity index (χ0) is 20.7. The summed E-state index contributed by atoms with van der Waals surface area (Å²) >= 11 is 5.94. The molecule has 0 radical (unpaired) electrons. The standard InChI is InChI=1S/C24H21ClN2O2S/c25-19-10-12-20(13-11-19)30(28,29)26-15-14-24-22(17-26)21-8-4-5-9-23(21)27(24)16-18-6-2-1-3-7-18/h1-13H,14-17H2. The van der Waals surface area contributed by atoms with Crippen LogP contribution >= 0.6 is 11.6 Å². The summed E-state index contributed by atoms with van der Waals surface area (Å²) in [5, 5.41) is 1.65. The Morgan fingerprint density at radius 3 is 2.33 bits per heavy atom. The molecule has 1 aliphatic rings. The second-order valence-corrected chi connectivity index (χ2v) is 9.93. The highest BCUT2D eigenvalue weighted by molar-refractivity contribution is 7.89. The first-order valence-corrected chi connectivity index (χ1v) is 11.7. The Morgan fingerprint density at radius 1 is 0.867 bits per heavy atom. The highest BCUT2D eigenvalue weighted by atomic mass is 35.5. The van der Waals surface area contributed by atoms with Gasteiger partial charge < -0.3 is 4.57 Å². The van der Waals surface area contributed by atoms with Crippen LogP contribution in [0.2, 0.25) is 5.02 Å². The van der Waals surface area contributed by atoms with Crippen LogP contribution in [0, 0.1) is 0 Å². The molecule has 0 N–H and O–H groups in total. The van der Waals surface area contributed by atoms with Gasteiger partial charge in [0, 0.05) is 47.7 Å². The largest absolute Gasteiger partial charge is 0.340 e. The predicted octanol–water partition coefficient (Wildman–Crippen LogP) is 5.09. The average Bonchev–Trinajstić information content (AvgIpc) is 3.08. The molecule has 0 fully saturated rings. The molecule has 3 aromatic carbocycles. The molecule has 4 nitrogen and oxygen atoms in total. The molecule has 0 amide bonds. The molecule has 0 spiro atoms. The molecule has 5 rings (SSSR count). The van der Waals surface area contributed by atoms with Crippen molar-refractivity contribution in [2.45, 2.75) is 24.4 Å². The second kappa shape index (κ2) is 7.58. The van der Waals surface area contributed by atoms with E-state index in [1.165, 1.54) is 11.3 Å². The minimum absolute atomic E-state index is 0.281. The lowest BCUT2D eigenvalue weighted by Crippen LogP contribution is -2.36. The van der Waals surface area contributed by atoms with Gasteiger partial charge in [0.1, 0.15) is 0 Å². The number of para-hydroxylation sites is 1. The van der Waals surface area contributed by atoms with Crippen LogP contribution in [0.25, 0.3) is 10.9 Å². The first-order chi connectivity index (χ1) is 14.5. The van der Waals surface area contributed by atoms with E-state index in [1.54, 1.807) is 28.6 Å². The van der Waals surface area contributed by atoms with E-state index in [0.29, 0.717) is 24.5 Å². The van der Waals surface area contributed by atoms with Crippen LogP contribution in [0.5, 0.6) is 0 Å². The van der Waals surface area contributed by atoms with E-state index in [9.17, 15) is 8.42 Å². The highest BCUT2D eigenvalue weighted by Crippen LogP contribution is 2.33. The Hall–Kier alpha value is -2.60. The Balaban J connectivity index is 1.56. The van der Waals surface area contributed by atoms with E-state index < -0.39 is 10.0 Å². The third-order valence-electron chi connectivity index (χ3n) is 5.76. The molecule has 1 aliphatic heterocycles. The van der Waals surface area contributed by atoms with E-state index in [0.717, 1.165) is 23.0 Å². The SMILES string of the molecule is O=S(=O)(c1ccc(Cl)cc1)N1CCc2c(c3ccccc3n2Cc2ccccc2)C1. The number of halogens is 1. The molecule has 2 heterocycles. The Morgan fingerprint density at radius 2 is 1.57 bits per heavy atom. The fourth-order valence-electron chi connectivity index (χ4n) is 4.28. The number of aromatic nitrogens is 1. The third-order valence-corrected chi connectivity index (χ3v) is 7.87. The average molecular weight is 437 g/mol. The van der Waals surface area contributed by atoms with Gasteiger partial charge in [-0.25, -0.2) is 8.42 Å². The van der Waals surface area contributed by atoms with Crippen LogP contribution < -0.4 is 0 Å². The fraction of sp³-hybridized carbons (Fsp3) is 0.167. The first kappa shape index (κ1) is 19.4. The molecule has 30 heavy (non-hydrogen) atoms. The molecule has 0 aliphatic carbocycles. The van der Waals surface area contributed by atoms with Gasteiger partial charge in [0.25, 0.3) is 0 Å².